The van der Waals surface area contributed by atoms with E-state index in [1.54, 1.807) is 20.8 Å². The number of anilines is 1. The quantitative estimate of drug-likeness (QED) is 0.724. The molecule has 0 saturated carbocycles. The van der Waals surface area contributed by atoms with E-state index < -0.39 is 6.04 Å². The van der Waals surface area contributed by atoms with Crippen LogP contribution < -0.4 is 10.6 Å². The highest BCUT2D eigenvalue weighted by molar-refractivity contribution is 9.10. The lowest BCUT2D eigenvalue weighted by Gasteiger charge is -2.23. The summed E-state index contributed by atoms with van der Waals surface area (Å²) in [5, 5.41) is 5.96. The first-order valence-electron chi connectivity index (χ1n) is 7.34. The van der Waals surface area contributed by atoms with Crippen molar-refractivity contribution < 1.29 is 14.3 Å². The maximum atomic E-state index is 12.1. The Kier molecular flexibility index (Phi) is 7.55. The van der Waals surface area contributed by atoms with Crippen molar-refractivity contribution in [1.82, 2.24) is 5.32 Å². The van der Waals surface area contributed by atoms with Crippen molar-refractivity contribution in [3.05, 3.63) is 28.7 Å². The third kappa shape index (κ3) is 5.77. The molecule has 0 saturated heterocycles. The molecule has 122 valence electrons. The fourth-order valence-electron chi connectivity index (χ4n) is 1.88. The molecule has 1 aromatic rings. The minimum Gasteiger partial charge on any atom is -0.466 e. The van der Waals surface area contributed by atoms with E-state index in [9.17, 15) is 9.59 Å². The third-order valence-electron chi connectivity index (χ3n) is 3.43. The first-order valence-corrected chi connectivity index (χ1v) is 8.13. The predicted molar refractivity (Wildman–Crippen MR) is 90.6 cm³/mol. The van der Waals surface area contributed by atoms with E-state index in [4.69, 9.17) is 4.74 Å². The first kappa shape index (κ1) is 18.6. The summed E-state index contributed by atoms with van der Waals surface area (Å²) in [5.41, 5.74) is 0.730. The van der Waals surface area contributed by atoms with Gasteiger partial charge in [-0.2, -0.15) is 0 Å². The molecule has 0 aliphatic carbocycles. The van der Waals surface area contributed by atoms with Gasteiger partial charge in [-0.1, -0.05) is 22.9 Å². The molecule has 0 unspecified atom stereocenters. The summed E-state index contributed by atoms with van der Waals surface area (Å²) in [6, 6.07) is 6.78. The maximum absolute atomic E-state index is 12.1. The molecule has 1 rings (SSSR count). The SMILES string of the molecule is CCOC(=O)[C@H](C)[C@@H](C)N[C@H](C)C(=O)Nc1ccc(Br)cc1. The highest BCUT2D eigenvalue weighted by Gasteiger charge is 2.24. The van der Waals surface area contributed by atoms with Crippen LogP contribution in [-0.4, -0.2) is 30.6 Å². The van der Waals surface area contributed by atoms with Gasteiger partial charge in [0.05, 0.1) is 18.6 Å². The van der Waals surface area contributed by atoms with Crippen LogP contribution in [0.5, 0.6) is 0 Å². The van der Waals surface area contributed by atoms with Crippen LogP contribution in [0.25, 0.3) is 0 Å². The number of hydrogen-bond donors (Lipinski definition) is 2. The molecular weight excluding hydrogens is 348 g/mol. The Morgan fingerprint density at radius 1 is 1.18 bits per heavy atom. The number of rotatable bonds is 7. The second kappa shape index (κ2) is 8.90. The molecular formula is C16H23BrN2O3. The molecule has 0 fully saturated rings. The molecule has 1 aromatic carbocycles. The summed E-state index contributed by atoms with van der Waals surface area (Å²) in [7, 11) is 0. The topological polar surface area (TPSA) is 67.4 Å². The van der Waals surface area contributed by atoms with Crippen LogP contribution in [0.2, 0.25) is 0 Å². The zero-order chi connectivity index (χ0) is 16.7. The zero-order valence-electron chi connectivity index (χ0n) is 13.4. The van der Waals surface area contributed by atoms with Crippen LogP contribution in [-0.2, 0) is 14.3 Å². The minimum atomic E-state index is -0.421. The summed E-state index contributed by atoms with van der Waals surface area (Å²) in [6.07, 6.45) is 0. The minimum absolute atomic E-state index is 0.148. The molecule has 0 aliphatic rings. The lowest BCUT2D eigenvalue weighted by atomic mass is 10.0. The largest absolute Gasteiger partial charge is 0.466 e. The van der Waals surface area contributed by atoms with Gasteiger partial charge >= 0.3 is 5.97 Å². The standard InChI is InChI=1S/C16H23BrN2O3/c1-5-22-16(21)10(2)11(3)18-12(4)15(20)19-14-8-6-13(17)7-9-14/h6-12,18H,5H2,1-4H3,(H,19,20)/t10-,11-,12-/m1/s1. The van der Waals surface area contributed by atoms with E-state index in [1.165, 1.54) is 0 Å². The Morgan fingerprint density at radius 2 is 1.77 bits per heavy atom. The Hall–Kier alpha value is -1.40. The number of amides is 1. The van der Waals surface area contributed by atoms with Crippen molar-refractivity contribution in [1.29, 1.82) is 0 Å². The maximum Gasteiger partial charge on any atom is 0.310 e. The fraction of sp³-hybridized carbons (Fsp3) is 0.500. The number of benzene rings is 1. The van der Waals surface area contributed by atoms with Crippen molar-refractivity contribution in [2.75, 3.05) is 11.9 Å². The van der Waals surface area contributed by atoms with Gasteiger partial charge in [-0.15, -0.1) is 0 Å². The van der Waals surface area contributed by atoms with Crippen molar-refractivity contribution in [2.24, 2.45) is 5.92 Å². The Balaban J connectivity index is 2.52. The van der Waals surface area contributed by atoms with Crippen molar-refractivity contribution >= 4 is 33.5 Å². The van der Waals surface area contributed by atoms with Crippen LogP contribution in [0.4, 0.5) is 5.69 Å². The van der Waals surface area contributed by atoms with Crippen LogP contribution in [0.3, 0.4) is 0 Å². The van der Waals surface area contributed by atoms with Gasteiger partial charge in [0.15, 0.2) is 0 Å². The highest BCUT2D eigenvalue weighted by Crippen LogP contribution is 2.14. The molecule has 6 heteroatoms. The van der Waals surface area contributed by atoms with Gasteiger partial charge in [0.1, 0.15) is 0 Å². The molecule has 0 spiro atoms. The summed E-state index contributed by atoms with van der Waals surface area (Å²) in [4.78, 5) is 23.8. The second-order valence-corrected chi connectivity index (χ2v) is 6.13. The number of halogens is 1. The van der Waals surface area contributed by atoms with Gasteiger partial charge in [-0.05, 0) is 45.0 Å². The average Bonchev–Trinajstić information content (AvgIpc) is 2.48. The summed E-state index contributed by atoms with van der Waals surface area (Å²) in [6.45, 7) is 7.55. The molecule has 0 aromatic heterocycles. The van der Waals surface area contributed by atoms with E-state index in [2.05, 4.69) is 26.6 Å². The lowest BCUT2D eigenvalue weighted by molar-refractivity contribution is -0.148. The normalized spacial score (nSPS) is 14.8. The number of ether oxygens (including phenoxy) is 1. The van der Waals surface area contributed by atoms with Gasteiger partial charge < -0.3 is 15.4 Å². The third-order valence-corrected chi connectivity index (χ3v) is 3.95. The van der Waals surface area contributed by atoms with E-state index in [-0.39, 0.29) is 23.8 Å². The first-order chi connectivity index (χ1) is 10.3. The van der Waals surface area contributed by atoms with Crippen molar-refractivity contribution in [3.63, 3.8) is 0 Å². The number of carbonyl (C=O) groups is 2. The molecule has 0 radical (unpaired) electrons. The van der Waals surface area contributed by atoms with Crippen LogP contribution in [0, 0.1) is 5.92 Å². The Morgan fingerprint density at radius 3 is 2.32 bits per heavy atom. The van der Waals surface area contributed by atoms with Crippen LogP contribution in [0.15, 0.2) is 28.7 Å². The highest BCUT2D eigenvalue weighted by atomic mass is 79.9. The molecule has 22 heavy (non-hydrogen) atoms. The van der Waals surface area contributed by atoms with E-state index >= 15 is 0 Å². The Bertz CT molecular complexity index is 505. The van der Waals surface area contributed by atoms with E-state index in [0.717, 1.165) is 10.2 Å². The van der Waals surface area contributed by atoms with Gasteiger partial charge in [0.2, 0.25) is 5.91 Å². The molecule has 2 N–H and O–H groups in total. The van der Waals surface area contributed by atoms with Gasteiger partial charge in [-0.3, -0.25) is 9.59 Å². The van der Waals surface area contributed by atoms with Crippen LogP contribution in [0.1, 0.15) is 27.7 Å². The van der Waals surface area contributed by atoms with E-state index in [0.29, 0.717) is 6.61 Å². The molecule has 0 heterocycles. The van der Waals surface area contributed by atoms with Crippen molar-refractivity contribution in [3.8, 4) is 0 Å². The van der Waals surface area contributed by atoms with Crippen molar-refractivity contribution in [2.45, 2.75) is 39.8 Å². The zero-order valence-corrected chi connectivity index (χ0v) is 14.9. The summed E-state index contributed by atoms with van der Waals surface area (Å²) < 4.78 is 5.94. The smallest absolute Gasteiger partial charge is 0.310 e. The molecule has 0 aliphatic heterocycles. The van der Waals surface area contributed by atoms with Gasteiger partial charge in [0.25, 0.3) is 0 Å². The fourth-order valence-corrected chi connectivity index (χ4v) is 2.14. The molecule has 1 amide bonds. The predicted octanol–water partition coefficient (Wildman–Crippen LogP) is 2.95. The number of hydrogen-bond acceptors (Lipinski definition) is 4. The number of carbonyl (C=O) groups excluding carboxylic acids is 2. The van der Waals surface area contributed by atoms with Gasteiger partial charge in [-0.25, -0.2) is 0 Å². The summed E-state index contributed by atoms with van der Waals surface area (Å²) in [5.74, 6) is -0.726. The monoisotopic (exact) mass is 370 g/mol. The number of esters is 1. The van der Waals surface area contributed by atoms with E-state index in [1.807, 2.05) is 31.2 Å². The Labute approximate surface area is 139 Å². The number of nitrogens with one attached hydrogen (secondary N) is 2. The molecule has 0 bridgehead atoms. The average molecular weight is 371 g/mol. The second-order valence-electron chi connectivity index (χ2n) is 5.21. The molecule has 5 nitrogen and oxygen atoms in total. The van der Waals surface area contributed by atoms with Gasteiger partial charge in [0, 0.05) is 16.2 Å². The molecule has 3 atom stereocenters. The summed E-state index contributed by atoms with van der Waals surface area (Å²) >= 11 is 3.35. The van der Waals surface area contributed by atoms with Crippen LogP contribution >= 0.6 is 15.9 Å². The lowest BCUT2D eigenvalue weighted by Crippen LogP contribution is -2.47.